The summed E-state index contributed by atoms with van der Waals surface area (Å²) in [6.07, 6.45) is 1.86. The second kappa shape index (κ2) is 9.67. The number of benzene rings is 1. The number of hydrogen-bond acceptors (Lipinski definition) is 8. The molecule has 1 aliphatic heterocycles. The SMILES string of the molecule is CC(C)[C@H](Nc1nc(CN2CCN(Cc3nccs3)CC2)nc2ccccc12)C(N)=O. The lowest BCUT2D eigenvalue weighted by molar-refractivity contribution is -0.119. The van der Waals surface area contributed by atoms with E-state index in [0.717, 1.165) is 54.5 Å². The number of nitrogens with zero attached hydrogens (tertiary/aromatic N) is 5. The van der Waals surface area contributed by atoms with Gasteiger partial charge in [0.25, 0.3) is 0 Å². The van der Waals surface area contributed by atoms with E-state index in [4.69, 9.17) is 15.7 Å². The molecular weight excluding hydrogens is 410 g/mol. The summed E-state index contributed by atoms with van der Waals surface area (Å²) in [4.78, 5) is 30.7. The number of para-hydroxylation sites is 1. The molecule has 164 valence electrons. The molecule has 1 aromatic carbocycles. The summed E-state index contributed by atoms with van der Waals surface area (Å²) in [6, 6.07) is 7.38. The number of primary amides is 1. The Kier molecular flexibility index (Phi) is 6.74. The van der Waals surface area contributed by atoms with E-state index in [1.54, 1.807) is 11.3 Å². The Morgan fingerprint density at radius 2 is 1.84 bits per heavy atom. The molecule has 9 heteroatoms. The quantitative estimate of drug-likeness (QED) is 0.556. The van der Waals surface area contributed by atoms with E-state index in [1.165, 1.54) is 0 Å². The maximum absolute atomic E-state index is 11.9. The molecule has 3 N–H and O–H groups in total. The lowest BCUT2D eigenvalue weighted by atomic mass is 10.0. The van der Waals surface area contributed by atoms with E-state index in [-0.39, 0.29) is 11.8 Å². The molecule has 3 heterocycles. The largest absolute Gasteiger partial charge is 0.368 e. The van der Waals surface area contributed by atoms with Crippen molar-refractivity contribution in [3.8, 4) is 0 Å². The number of thiazole rings is 1. The molecule has 0 unspecified atom stereocenters. The predicted octanol–water partition coefficient (Wildman–Crippen LogP) is 2.33. The van der Waals surface area contributed by atoms with Crippen LogP contribution in [0.2, 0.25) is 0 Å². The highest BCUT2D eigenvalue weighted by molar-refractivity contribution is 7.09. The lowest BCUT2D eigenvalue weighted by Crippen LogP contribution is -2.45. The van der Waals surface area contributed by atoms with Crippen LogP contribution in [-0.2, 0) is 17.9 Å². The Morgan fingerprint density at radius 3 is 2.48 bits per heavy atom. The van der Waals surface area contributed by atoms with Gasteiger partial charge in [-0.1, -0.05) is 26.0 Å². The van der Waals surface area contributed by atoms with Crippen molar-refractivity contribution in [1.29, 1.82) is 0 Å². The molecule has 0 saturated carbocycles. The number of nitrogens with two attached hydrogens (primary N) is 1. The minimum absolute atomic E-state index is 0.0561. The molecule has 3 aromatic rings. The van der Waals surface area contributed by atoms with Crippen LogP contribution in [0, 0.1) is 5.92 Å². The van der Waals surface area contributed by atoms with Gasteiger partial charge >= 0.3 is 0 Å². The fourth-order valence-electron chi connectivity index (χ4n) is 3.85. The standard InChI is InChI=1S/C22H29N7OS/c1-15(2)20(21(23)30)27-22-16-5-3-4-6-17(16)25-18(26-22)13-28-8-10-29(11-9-28)14-19-24-7-12-31-19/h3-7,12,15,20H,8-11,13-14H2,1-2H3,(H2,23,30)(H,25,26,27)/t20-/m0/s1. The molecule has 1 aliphatic rings. The fourth-order valence-corrected chi connectivity index (χ4v) is 4.50. The van der Waals surface area contributed by atoms with Crippen LogP contribution in [0.4, 0.5) is 5.82 Å². The van der Waals surface area contributed by atoms with Gasteiger partial charge in [0.1, 0.15) is 22.7 Å². The van der Waals surface area contributed by atoms with Gasteiger partial charge in [0, 0.05) is 43.1 Å². The Bertz CT molecular complexity index is 1020. The van der Waals surface area contributed by atoms with E-state index in [1.807, 2.05) is 49.7 Å². The summed E-state index contributed by atoms with van der Waals surface area (Å²) in [5.74, 6) is 1.10. The average Bonchev–Trinajstić information content (AvgIpc) is 3.26. The van der Waals surface area contributed by atoms with Gasteiger partial charge in [-0.2, -0.15) is 0 Å². The van der Waals surface area contributed by atoms with Crippen molar-refractivity contribution in [3.05, 3.63) is 46.7 Å². The van der Waals surface area contributed by atoms with Crippen molar-refractivity contribution in [3.63, 3.8) is 0 Å². The third kappa shape index (κ3) is 5.36. The molecule has 31 heavy (non-hydrogen) atoms. The van der Waals surface area contributed by atoms with Crippen molar-refractivity contribution in [1.82, 2.24) is 24.8 Å². The molecule has 8 nitrogen and oxygen atoms in total. The van der Waals surface area contributed by atoms with Crippen LogP contribution in [0.1, 0.15) is 24.7 Å². The number of rotatable bonds is 8. The van der Waals surface area contributed by atoms with Crippen molar-refractivity contribution in [2.45, 2.75) is 33.0 Å². The predicted molar refractivity (Wildman–Crippen MR) is 124 cm³/mol. The first kappa shape index (κ1) is 21.6. The van der Waals surface area contributed by atoms with Crippen LogP contribution in [0.3, 0.4) is 0 Å². The van der Waals surface area contributed by atoms with E-state index >= 15 is 0 Å². The maximum atomic E-state index is 11.9. The first-order chi connectivity index (χ1) is 15.0. The van der Waals surface area contributed by atoms with Crippen molar-refractivity contribution in [2.24, 2.45) is 11.7 Å². The molecule has 1 amide bonds. The van der Waals surface area contributed by atoms with Crippen LogP contribution < -0.4 is 11.1 Å². The molecule has 1 fully saturated rings. The van der Waals surface area contributed by atoms with Crippen molar-refractivity contribution in [2.75, 3.05) is 31.5 Å². The van der Waals surface area contributed by atoms with Crippen LogP contribution in [0.5, 0.6) is 0 Å². The number of piperazine rings is 1. The fraction of sp³-hybridized carbons (Fsp3) is 0.455. The minimum Gasteiger partial charge on any atom is -0.368 e. The monoisotopic (exact) mass is 439 g/mol. The van der Waals surface area contributed by atoms with E-state index < -0.39 is 6.04 Å². The zero-order chi connectivity index (χ0) is 21.8. The van der Waals surface area contributed by atoms with Gasteiger partial charge in [0.2, 0.25) is 5.91 Å². The van der Waals surface area contributed by atoms with Gasteiger partial charge in [-0.25, -0.2) is 15.0 Å². The highest BCUT2D eigenvalue weighted by Gasteiger charge is 2.23. The number of nitrogens with one attached hydrogen (secondary N) is 1. The van der Waals surface area contributed by atoms with Gasteiger partial charge in [0.05, 0.1) is 18.6 Å². The van der Waals surface area contributed by atoms with E-state index in [9.17, 15) is 4.79 Å². The Morgan fingerprint density at radius 1 is 1.13 bits per heavy atom. The summed E-state index contributed by atoms with van der Waals surface area (Å²) in [6.45, 7) is 9.43. The molecule has 0 spiro atoms. The topological polar surface area (TPSA) is 100 Å². The normalized spacial score (nSPS) is 16.6. The number of carbonyl (C=O) groups excluding carboxylic acids is 1. The third-order valence-corrected chi connectivity index (χ3v) is 6.35. The second-order valence-corrected chi connectivity index (χ2v) is 9.23. The van der Waals surface area contributed by atoms with Gasteiger partial charge in [-0.3, -0.25) is 14.6 Å². The molecule has 0 aliphatic carbocycles. The third-order valence-electron chi connectivity index (χ3n) is 5.59. The van der Waals surface area contributed by atoms with Gasteiger partial charge < -0.3 is 11.1 Å². The van der Waals surface area contributed by atoms with Crippen LogP contribution in [0.15, 0.2) is 35.8 Å². The Hall–Kier alpha value is -2.62. The lowest BCUT2D eigenvalue weighted by Gasteiger charge is -2.33. The number of fused-ring (bicyclic) bond motifs is 1. The Balaban J connectivity index is 1.47. The van der Waals surface area contributed by atoms with E-state index in [0.29, 0.717) is 12.4 Å². The molecule has 2 aromatic heterocycles. The highest BCUT2D eigenvalue weighted by atomic mass is 32.1. The van der Waals surface area contributed by atoms with Crippen LogP contribution >= 0.6 is 11.3 Å². The minimum atomic E-state index is -0.486. The van der Waals surface area contributed by atoms with Crippen LogP contribution in [-0.4, -0.2) is 62.9 Å². The summed E-state index contributed by atoms with van der Waals surface area (Å²) in [5.41, 5.74) is 6.48. The zero-order valence-electron chi connectivity index (χ0n) is 18.0. The van der Waals surface area contributed by atoms with Gasteiger partial charge in [0.15, 0.2) is 0 Å². The highest BCUT2D eigenvalue weighted by Crippen LogP contribution is 2.23. The summed E-state index contributed by atoms with van der Waals surface area (Å²) in [5, 5.41) is 7.35. The first-order valence-corrected chi connectivity index (χ1v) is 11.5. The molecular formula is C22H29N7OS. The zero-order valence-corrected chi connectivity index (χ0v) is 18.8. The van der Waals surface area contributed by atoms with Crippen LogP contribution in [0.25, 0.3) is 10.9 Å². The molecule has 1 saturated heterocycles. The molecule has 1 atom stereocenters. The number of amides is 1. The summed E-state index contributed by atoms with van der Waals surface area (Å²) in [7, 11) is 0. The smallest absolute Gasteiger partial charge is 0.240 e. The number of aromatic nitrogens is 3. The molecule has 4 rings (SSSR count). The number of anilines is 1. The van der Waals surface area contributed by atoms with Gasteiger partial charge in [-0.05, 0) is 18.1 Å². The maximum Gasteiger partial charge on any atom is 0.240 e. The number of hydrogen-bond donors (Lipinski definition) is 2. The second-order valence-electron chi connectivity index (χ2n) is 8.25. The van der Waals surface area contributed by atoms with Crippen molar-refractivity contribution < 1.29 is 4.79 Å². The average molecular weight is 440 g/mol. The summed E-state index contributed by atoms with van der Waals surface area (Å²) < 4.78 is 0. The number of carbonyl (C=O) groups is 1. The van der Waals surface area contributed by atoms with Gasteiger partial charge in [-0.15, -0.1) is 11.3 Å². The van der Waals surface area contributed by atoms with Crippen molar-refractivity contribution >= 4 is 34.0 Å². The first-order valence-electron chi connectivity index (χ1n) is 10.6. The Labute approximate surface area is 186 Å². The summed E-state index contributed by atoms with van der Waals surface area (Å²) >= 11 is 1.71. The molecule has 0 bridgehead atoms. The molecule has 0 radical (unpaired) electrons. The van der Waals surface area contributed by atoms with E-state index in [2.05, 4.69) is 20.1 Å².